The second-order valence-electron chi connectivity index (χ2n) is 7.65. The van der Waals surface area contributed by atoms with Gasteiger partial charge in [-0.1, -0.05) is 46.3 Å². The molecule has 0 saturated carbocycles. The quantitative estimate of drug-likeness (QED) is 0.567. The summed E-state index contributed by atoms with van der Waals surface area (Å²) in [5, 5.41) is 7.97. The Morgan fingerprint density at radius 1 is 0.933 bits per heavy atom. The standard InChI is InChI=1S/C22H26BrN3O4/c1-22(2,3)30-21(29)25-14-20(28)26-17-10-8-15(9-11-17)13-24-19(27)12-16-6-4-5-7-18(16)23/h4-11H,12-14H2,1-3H3,(H,24,27)(H,25,29)(H,26,28). The van der Waals surface area contributed by atoms with E-state index >= 15 is 0 Å². The first-order chi connectivity index (χ1) is 14.1. The van der Waals surface area contributed by atoms with Crippen LogP contribution >= 0.6 is 15.9 Å². The van der Waals surface area contributed by atoms with Crippen LogP contribution in [0.4, 0.5) is 10.5 Å². The number of amides is 3. The lowest BCUT2D eigenvalue weighted by atomic mass is 10.1. The number of hydrogen-bond donors (Lipinski definition) is 3. The summed E-state index contributed by atoms with van der Waals surface area (Å²) in [4.78, 5) is 35.6. The number of nitrogens with one attached hydrogen (secondary N) is 3. The van der Waals surface area contributed by atoms with E-state index in [-0.39, 0.29) is 18.4 Å². The van der Waals surface area contributed by atoms with Gasteiger partial charge in [-0.15, -0.1) is 0 Å². The highest BCUT2D eigenvalue weighted by Gasteiger charge is 2.16. The lowest BCUT2D eigenvalue weighted by molar-refractivity contribution is -0.120. The van der Waals surface area contributed by atoms with E-state index in [1.165, 1.54) is 0 Å². The van der Waals surface area contributed by atoms with Gasteiger partial charge in [0.05, 0.1) is 6.42 Å². The Hall–Kier alpha value is -2.87. The van der Waals surface area contributed by atoms with Crippen LogP contribution in [-0.4, -0.2) is 30.1 Å². The Morgan fingerprint density at radius 2 is 1.60 bits per heavy atom. The van der Waals surface area contributed by atoms with Gasteiger partial charge in [-0.2, -0.15) is 0 Å². The van der Waals surface area contributed by atoms with Gasteiger partial charge in [0.1, 0.15) is 12.1 Å². The van der Waals surface area contributed by atoms with Gasteiger partial charge in [0, 0.05) is 16.7 Å². The van der Waals surface area contributed by atoms with Crippen LogP contribution in [0.3, 0.4) is 0 Å². The van der Waals surface area contributed by atoms with Gasteiger partial charge < -0.3 is 20.7 Å². The molecular formula is C22H26BrN3O4. The van der Waals surface area contributed by atoms with E-state index < -0.39 is 11.7 Å². The highest BCUT2D eigenvalue weighted by Crippen LogP contribution is 2.16. The van der Waals surface area contributed by atoms with Crippen molar-refractivity contribution in [1.29, 1.82) is 0 Å². The number of anilines is 1. The molecule has 0 bridgehead atoms. The summed E-state index contributed by atoms with van der Waals surface area (Å²) in [5.41, 5.74) is 1.80. The minimum absolute atomic E-state index is 0.0764. The average Bonchev–Trinajstić information content (AvgIpc) is 2.66. The Kier molecular flexibility index (Phi) is 8.41. The van der Waals surface area contributed by atoms with Gasteiger partial charge in [-0.25, -0.2) is 4.79 Å². The topological polar surface area (TPSA) is 96.5 Å². The predicted molar refractivity (Wildman–Crippen MR) is 119 cm³/mol. The first-order valence-electron chi connectivity index (χ1n) is 9.48. The fourth-order valence-corrected chi connectivity index (χ4v) is 2.88. The fraction of sp³-hybridized carbons (Fsp3) is 0.318. The third kappa shape index (κ3) is 8.65. The molecule has 0 aliphatic rings. The summed E-state index contributed by atoms with van der Waals surface area (Å²) >= 11 is 3.44. The lowest BCUT2D eigenvalue weighted by Crippen LogP contribution is -2.37. The molecule has 0 aromatic heterocycles. The molecule has 0 aliphatic carbocycles. The van der Waals surface area contributed by atoms with Gasteiger partial charge in [-0.05, 0) is 50.1 Å². The molecular weight excluding hydrogens is 450 g/mol. The van der Waals surface area contributed by atoms with Crippen LogP contribution in [-0.2, 0) is 27.3 Å². The summed E-state index contributed by atoms with van der Waals surface area (Å²) in [5.74, 6) is -0.442. The molecule has 0 radical (unpaired) electrons. The van der Waals surface area contributed by atoms with Crippen LogP contribution in [0.1, 0.15) is 31.9 Å². The molecule has 0 fully saturated rings. The molecule has 7 nitrogen and oxygen atoms in total. The van der Waals surface area contributed by atoms with Crippen LogP contribution in [0, 0.1) is 0 Å². The van der Waals surface area contributed by atoms with Crippen LogP contribution in [0.15, 0.2) is 53.0 Å². The molecule has 8 heteroatoms. The van der Waals surface area contributed by atoms with Crippen LogP contribution in [0.5, 0.6) is 0 Å². The number of benzene rings is 2. The summed E-state index contributed by atoms with van der Waals surface area (Å²) < 4.78 is 5.98. The summed E-state index contributed by atoms with van der Waals surface area (Å²) in [6.07, 6.45) is -0.355. The zero-order chi connectivity index (χ0) is 22.1. The van der Waals surface area contributed by atoms with E-state index in [1.54, 1.807) is 32.9 Å². The van der Waals surface area contributed by atoms with E-state index in [2.05, 4.69) is 31.9 Å². The molecule has 2 rings (SSSR count). The van der Waals surface area contributed by atoms with Crippen LogP contribution in [0.25, 0.3) is 0 Å². The van der Waals surface area contributed by atoms with Crippen molar-refractivity contribution in [2.45, 2.75) is 39.3 Å². The van der Waals surface area contributed by atoms with Gasteiger partial charge in [-0.3, -0.25) is 9.59 Å². The van der Waals surface area contributed by atoms with E-state index in [0.29, 0.717) is 18.7 Å². The Labute approximate surface area is 184 Å². The maximum Gasteiger partial charge on any atom is 0.408 e. The molecule has 2 aromatic carbocycles. The molecule has 0 spiro atoms. The van der Waals surface area contributed by atoms with E-state index in [0.717, 1.165) is 15.6 Å². The second-order valence-corrected chi connectivity index (χ2v) is 8.50. The predicted octanol–water partition coefficient (Wildman–Crippen LogP) is 3.77. The smallest absolute Gasteiger partial charge is 0.408 e. The zero-order valence-electron chi connectivity index (χ0n) is 17.3. The van der Waals surface area contributed by atoms with Gasteiger partial charge in [0.15, 0.2) is 0 Å². The largest absolute Gasteiger partial charge is 0.444 e. The lowest BCUT2D eigenvalue weighted by Gasteiger charge is -2.19. The van der Waals surface area contributed by atoms with E-state index in [4.69, 9.17) is 4.74 Å². The molecule has 3 amide bonds. The fourth-order valence-electron chi connectivity index (χ4n) is 2.46. The SMILES string of the molecule is CC(C)(C)OC(=O)NCC(=O)Nc1ccc(CNC(=O)Cc2ccccc2Br)cc1. The van der Waals surface area contributed by atoms with Gasteiger partial charge in [0.2, 0.25) is 11.8 Å². The van der Waals surface area contributed by atoms with Crippen molar-refractivity contribution in [3.8, 4) is 0 Å². The Bertz CT molecular complexity index is 892. The number of rotatable bonds is 7. The summed E-state index contributed by atoms with van der Waals surface area (Å²) in [6.45, 7) is 5.44. The maximum atomic E-state index is 12.1. The molecule has 0 atom stereocenters. The monoisotopic (exact) mass is 475 g/mol. The molecule has 3 N–H and O–H groups in total. The maximum absolute atomic E-state index is 12.1. The highest BCUT2D eigenvalue weighted by molar-refractivity contribution is 9.10. The molecule has 2 aromatic rings. The number of alkyl carbamates (subject to hydrolysis) is 1. The normalized spacial score (nSPS) is 10.8. The number of hydrogen-bond acceptors (Lipinski definition) is 4. The average molecular weight is 476 g/mol. The molecule has 0 heterocycles. The minimum atomic E-state index is -0.647. The second kappa shape index (κ2) is 10.8. The minimum Gasteiger partial charge on any atom is -0.444 e. The van der Waals surface area contributed by atoms with Crippen molar-refractivity contribution in [2.24, 2.45) is 0 Å². The van der Waals surface area contributed by atoms with Crippen molar-refractivity contribution in [3.05, 3.63) is 64.1 Å². The van der Waals surface area contributed by atoms with Gasteiger partial charge >= 0.3 is 6.09 Å². The molecule has 0 unspecified atom stereocenters. The third-order valence-corrected chi connectivity index (χ3v) is 4.60. The van der Waals surface area contributed by atoms with Crippen molar-refractivity contribution in [2.75, 3.05) is 11.9 Å². The number of carbonyl (C=O) groups is 3. The van der Waals surface area contributed by atoms with Crippen molar-refractivity contribution < 1.29 is 19.1 Å². The first-order valence-corrected chi connectivity index (χ1v) is 10.3. The summed E-state index contributed by atoms with van der Waals surface area (Å²) in [6, 6.07) is 14.7. The molecule has 0 aliphatic heterocycles. The van der Waals surface area contributed by atoms with E-state index in [1.807, 2.05) is 36.4 Å². The van der Waals surface area contributed by atoms with E-state index in [9.17, 15) is 14.4 Å². The van der Waals surface area contributed by atoms with Crippen molar-refractivity contribution in [3.63, 3.8) is 0 Å². The number of ether oxygens (including phenoxy) is 1. The third-order valence-electron chi connectivity index (χ3n) is 3.83. The van der Waals surface area contributed by atoms with Crippen LogP contribution < -0.4 is 16.0 Å². The zero-order valence-corrected chi connectivity index (χ0v) is 18.8. The Morgan fingerprint density at radius 3 is 2.23 bits per heavy atom. The Balaban J connectivity index is 1.75. The molecule has 30 heavy (non-hydrogen) atoms. The van der Waals surface area contributed by atoms with Crippen LogP contribution in [0.2, 0.25) is 0 Å². The summed E-state index contributed by atoms with van der Waals surface area (Å²) in [7, 11) is 0. The number of halogens is 1. The van der Waals surface area contributed by atoms with Crippen molar-refractivity contribution in [1.82, 2.24) is 10.6 Å². The first kappa shape index (κ1) is 23.4. The van der Waals surface area contributed by atoms with Gasteiger partial charge in [0.25, 0.3) is 0 Å². The highest BCUT2D eigenvalue weighted by atomic mass is 79.9. The van der Waals surface area contributed by atoms with Crippen molar-refractivity contribution >= 4 is 39.5 Å². The molecule has 0 saturated heterocycles. The number of carbonyl (C=O) groups excluding carboxylic acids is 3. The molecule has 160 valence electrons.